The Kier molecular flexibility index (Phi) is 5.57. The Labute approximate surface area is 117 Å². The summed E-state index contributed by atoms with van der Waals surface area (Å²) in [6.07, 6.45) is 2.53. The Hall–Kier alpha value is -1.17. The number of aromatic nitrogens is 1. The van der Waals surface area contributed by atoms with Crippen LogP contribution in [0.25, 0.3) is 0 Å². The van der Waals surface area contributed by atoms with Gasteiger partial charge in [-0.2, -0.15) is 0 Å². The summed E-state index contributed by atoms with van der Waals surface area (Å²) in [6, 6.07) is 3.39. The van der Waals surface area contributed by atoms with Gasteiger partial charge < -0.3 is 15.0 Å². The molecule has 1 fully saturated rings. The van der Waals surface area contributed by atoms with Gasteiger partial charge in [0.15, 0.2) is 0 Å². The van der Waals surface area contributed by atoms with Gasteiger partial charge in [-0.05, 0) is 12.1 Å². The molecule has 1 aromatic rings. The van der Waals surface area contributed by atoms with E-state index in [1.54, 1.807) is 23.2 Å². The molecule has 5 nitrogen and oxygen atoms in total. The number of halogens is 1. The van der Waals surface area contributed by atoms with Crippen molar-refractivity contribution in [2.75, 3.05) is 39.4 Å². The molecule has 0 aliphatic carbocycles. The monoisotopic (exact) mass is 284 g/mol. The van der Waals surface area contributed by atoms with Crippen molar-refractivity contribution in [3.05, 3.63) is 29.0 Å². The van der Waals surface area contributed by atoms with Crippen molar-refractivity contribution in [1.29, 1.82) is 0 Å². The highest BCUT2D eigenvalue weighted by molar-refractivity contribution is 6.32. The molecule has 0 bridgehead atoms. The largest absolute Gasteiger partial charge is 0.370 e. The van der Waals surface area contributed by atoms with Crippen LogP contribution in [0.4, 0.5) is 0 Å². The molecular formula is C13H19ClN3O2+. The van der Waals surface area contributed by atoms with Crippen molar-refractivity contribution in [2.45, 2.75) is 6.42 Å². The zero-order chi connectivity index (χ0) is 13.5. The normalized spacial score (nSPS) is 16.3. The van der Waals surface area contributed by atoms with E-state index in [1.165, 1.54) is 0 Å². The van der Waals surface area contributed by atoms with Gasteiger partial charge in [0.1, 0.15) is 18.2 Å². The van der Waals surface area contributed by atoms with E-state index < -0.39 is 0 Å². The van der Waals surface area contributed by atoms with Crippen LogP contribution in [0.15, 0.2) is 18.3 Å². The van der Waals surface area contributed by atoms with Crippen LogP contribution >= 0.6 is 11.6 Å². The van der Waals surface area contributed by atoms with Gasteiger partial charge in [-0.1, -0.05) is 11.6 Å². The highest BCUT2D eigenvalue weighted by Crippen LogP contribution is 2.10. The first kappa shape index (κ1) is 14.2. The van der Waals surface area contributed by atoms with Crippen LogP contribution in [0.3, 0.4) is 0 Å². The minimum absolute atomic E-state index is 0.157. The summed E-state index contributed by atoms with van der Waals surface area (Å²) in [5, 5.41) is 3.12. The Morgan fingerprint density at radius 3 is 3.00 bits per heavy atom. The van der Waals surface area contributed by atoms with Crippen molar-refractivity contribution in [3.8, 4) is 0 Å². The van der Waals surface area contributed by atoms with Crippen LogP contribution in [-0.2, 0) is 4.74 Å². The van der Waals surface area contributed by atoms with Crippen molar-refractivity contribution >= 4 is 17.5 Å². The zero-order valence-corrected chi connectivity index (χ0v) is 11.6. The summed E-state index contributed by atoms with van der Waals surface area (Å²) >= 11 is 5.86. The number of pyridine rings is 1. The fourth-order valence-electron chi connectivity index (χ4n) is 2.10. The number of ether oxygens (including phenoxy) is 1. The van der Waals surface area contributed by atoms with Crippen molar-refractivity contribution in [3.63, 3.8) is 0 Å². The highest BCUT2D eigenvalue weighted by atomic mass is 35.5. The molecule has 0 aromatic carbocycles. The first-order valence-electron chi connectivity index (χ1n) is 6.57. The standard InChI is InChI=1S/C13H18ClN3O2/c14-12-11(3-1-4-15-12)13(18)16-5-2-6-17-7-9-19-10-8-17/h1,3-4H,2,5-10H2,(H,16,18)/p+1. The summed E-state index contributed by atoms with van der Waals surface area (Å²) in [7, 11) is 0. The van der Waals surface area contributed by atoms with E-state index in [1.807, 2.05) is 0 Å². The number of hydrogen-bond acceptors (Lipinski definition) is 3. The molecule has 1 saturated heterocycles. The third-order valence-electron chi connectivity index (χ3n) is 3.20. The average molecular weight is 285 g/mol. The fourth-order valence-corrected chi connectivity index (χ4v) is 2.31. The molecule has 0 radical (unpaired) electrons. The van der Waals surface area contributed by atoms with Crippen LogP contribution in [0, 0.1) is 0 Å². The van der Waals surface area contributed by atoms with E-state index in [2.05, 4.69) is 10.3 Å². The van der Waals surface area contributed by atoms with Gasteiger partial charge in [-0.25, -0.2) is 4.98 Å². The first-order valence-corrected chi connectivity index (χ1v) is 6.95. The lowest BCUT2D eigenvalue weighted by molar-refractivity contribution is -0.908. The molecule has 2 rings (SSSR count). The summed E-state index contributed by atoms with van der Waals surface area (Å²) in [6.45, 7) is 5.52. The van der Waals surface area contributed by atoms with Crippen LogP contribution in [-0.4, -0.2) is 50.3 Å². The number of rotatable bonds is 5. The van der Waals surface area contributed by atoms with Crippen molar-refractivity contribution < 1.29 is 14.4 Å². The molecule has 1 aliphatic heterocycles. The molecule has 6 heteroatoms. The summed E-state index contributed by atoms with van der Waals surface area (Å²) in [4.78, 5) is 17.3. The Bertz CT molecular complexity index is 422. The van der Waals surface area contributed by atoms with Gasteiger partial charge in [0, 0.05) is 19.2 Å². The van der Waals surface area contributed by atoms with E-state index in [0.29, 0.717) is 12.1 Å². The average Bonchev–Trinajstić information content (AvgIpc) is 2.45. The van der Waals surface area contributed by atoms with Gasteiger partial charge in [-0.3, -0.25) is 4.79 Å². The number of nitrogens with zero attached hydrogens (tertiary/aromatic N) is 1. The van der Waals surface area contributed by atoms with Crippen LogP contribution in [0.5, 0.6) is 0 Å². The molecule has 2 N–H and O–H groups in total. The molecule has 19 heavy (non-hydrogen) atoms. The third-order valence-corrected chi connectivity index (χ3v) is 3.50. The third kappa shape index (κ3) is 4.45. The molecule has 0 atom stereocenters. The molecule has 1 aromatic heterocycles. The predicted molar refractivity (Wildman–Crippen MR) is 72.6 cm³/mol. The number of morpholine rings is 1. The molecule has 104 valence electrons. The predicted octanol–water partition coefficient (Wildman–Crippen LogP) is -0.230. The van der Waals surface area contributed by atoms with E-state index in [0.717, 1.165) is 39.3 Å². The lowest BCUT2D eigenvalue weighted by atomic mass is 10.2. The number of nitrogens with one attached hydrogen (secondary N) is 2. The second kappa shape index (κ2) is 7.43. The summed E-state index contributed by atoms with van der Waals surface area (Å²) in [5.74, 6) is -0.157. The van der Waals surface area contributed by atoms with Crippen molar-refractivity contribution in [2.24, 2.45) is 0 Å². The quantitative estimate of drug-likeness (QED) is 0.580. The summed E-state index contributed by atoms with van der Waals surface area (Å²) in [5.41, 5.74) is 0.433. The van der Waals surface area contributed by atoms with Crippen LogP contribution in [0.1, 0.15) is 16.8 Å². The Balaban J connectivity index is 1.68. The minimum Gasteiger partial charge on any atom is -0.370 e. The van der Waals surface area contributed by atoms with E-state index in [9.17, 15) is 4.79 Å². The van der Waals surface area contributed by atoms with Crippen LogP contribution < -0.4 is 10.2 Å². The topological polar surface area (TPSA) is 55.7 Å². The number of carbonyl (C=O) groups is 1. The van der Waals surface area contributed by atoms with Gasteiger partial charge in [0.25, 0.3) is 5.91 Å². The molecule has 0 saturated carbocycles. The maximum absolute atomic E-state index is 11.9. The molecule has 1 amide bonds. The maximum Gasteiger partial charge on any atom is 0.254 e. The van der Waals surface area contributed by atoms with E-state index in [4.69, 9.17) is 16.3 Å². The first-order chi connectivity index (χ1) is 9.27. The fraction of sp³-hybridized carbons (Fsp3) is 0.538. The minimum atomic E-state index is -0.157. The van der Waals surface area contributed by atoms with Gasteiger partial charge in [-0.15, -0.1) is 0 Å². The number of amides is 1. The Morgan fingerprint density at radius 2 is 2.26 bits per heavy atom. The van der Waals surface area contributed by atoms with Gasteiger partial charge >= 0.3 is 0 Å². The zero-order valence-electron chi connectivity index (χ0n) is 10.8. The molecular weight excluding hydrogens is 266 g/mol. The second-order valence-electron chi connectivity index (χ2n) is 4.56. The van der Waals surface area contributed by atoms with E-state index >= 15 is 0 Å². The summed E-state index contributed by atoms with van der Waals surface area (Å²) < 4.78 is 5.30. The highest BCUT2D eigenvalue weighted by Gasteiger charge is 2.14. The maximum atomic E-state index is 11.9. The lowest BCUT2D eigenvalue weighted by Crippen LogP contribution is -3.14. The number of quaternary nitrogens is 1. The molecule has 1 aliphatic rings. The number of hydrogen-bond donors (Lipinski definition) is 2. The number of carbonyl (C=O) groups excluding carboxylic acids is 1. The van der Waals surface area contributed by atoms with Crippen molar-refractivity contribution in [1.82, 2.24) is 10.3 Å². The molecule has 0 spiro atoms. The lowest BCUT2D eigenvalue weighted by Gasteiger charge is -2.23. The van der Waals surface area contributed by atoms with Gasteiger partial charge in [0.2, 0.25) is 0 Å². The molecule has 0 unspecified atom stereocenters. The van der Waals surface area contributed by atoms with E-state index in [-0.39, 0.29) is 11.1 Å². The Morgan fingerprint density at radius 1 is 1.47 bits per heavy atom. The second-order valence-corrected chi connectivity index (χ2v) is 4.92. The van der Waals surface area contributed by atoms with Crippen LogP contribution in [0.2, 0.25) is 5.15 Å². The SMILES string of the molecule is O=C(NCCC[NH+]1CCOCC1)c1cccnc1Cl. The molecule has 2 heterocycles. The smallest absolute Gasteiger partial charge is 0.254 e. The van der Waals surface area contributed by atoms with Gasteiger partial charge in [0.05, 0.1) is 25.3 Å².